The molecular formula is C25H25N3O4S. The van der Waals surface area contributed by atoms with E-state index in [1.54, 1.807) is 17.0 Å². The first kappa shape index (κ1) is 22.7. The zero-order chi connectivity index (χ0) is 23.4. The summed E-state index contributed by atoms with van der Waals surface area (Å²) >= 11 is 0. The number of sulfonamides is 1. The van der Waals surface area contributed by atoms with Gasteiger partial charge in [0.25, 0.3) is 15.9 Å². The lowest BCUT2D eigenvalue weighted by Gasteiger charge is -2.31. The molecule has 0 unspecified atom stereocenters. The normalized spacial score (nSPS) is 14.6. The van der Waals surface area contributed by atoms with Crippen molar-refractivity contribution in [1.82, 2.24) is 9.88 Å². The topological polar surface area (TPSA) is 96.4 Å². The largest absolute Gasteiger partial charge is 0.339 e. The number of amides is 1. The van der Waals surface area contributed by atoms with Gasteiger partial charge in [0.2, 0.25) is 0 Å². The van der Waals surface area contributed by atoms with E-state index in [4.69, 9.17) is 0 Å². The molecule has 0 aliphatic carbocycles. The predicted molar refractivity (Wildman–Crippen MR) is 126 cm³/mol. The molecule has 0 spiro atoms. The Hall–Kier alpha value is -3.52. The minimum Gasteiger partial charge on any atom is -0.339 e. The highest BCUT2D eigenvalue weighted by molar-refractivity contribution is 7.92. The Morgan fingerprint density at radius 1 is 0.879 bits per heavy atom. The van der Waals surface area contributed by atoms with E-state index >= 15 is 0 Å². The quantitative estimate of drug-likeness (QED) is 0.559. The molecule has 0 radical (unpaired) electrons. The van der Waals surface area contributed by atoms with E-state index in [1.165, 1.54) is 36.7 Å². The zero-order valence-electron chi connectivity index (χ0n) is 18.3. The van der Waals surface area contributed by atoms with Gasteiger partial charge in [-0.15, -0.1) is 0 Å². The number of nitrogens with one attached hydrogen (secondary N) is 1. The monoisotopic (exact) mass is 463 g/mol. The summed E-state index contributed by atoms with van der Waals surface area (Å²) in [4.78, 5) is 31.3. The second-order valence-electron chi connectivity index (χ2n) is 8.16. The maximum atomic E-state index is 12.9. The highest BCUT2D eigenvalue weighted by Crippen LogP contribution is 2.24. The number of aryl methyl sites for hydroxylation is 1. The molecule has 33 heavy (non-hydrogen) atoms. The molecule has 1 N–H and O–H groups in total. The van der Waals surface area contributed by atoms with E-state index in [0.717, 1.165) is 5.56 Å². The number of piperidine rings is 1. The number of carbonyl (C=O) groups excluding carboxylic acids is 2. The van der Waals surface area contributed by atoms with Gasteiger partial charge < -0.3 is 4.90 Å². The van der Waals surface area contributed by atoms with Crippen LogP contribution in [0, 0.1) is 12.8 Å². The Bertz CT molecular complexity index is 1230. The van der Waals surface area contributed by atoms with Crippen molar-refractivity contribution >= 4 is 27.4 Å². The number of pyridine rings is 1. The van der Waals surface area contributed by atoms with Crippen LogP contribution < -0.4 is 4.72 Å². The summed E-state index contributed by atoms with van der Waals surface area (Å²) in [5.41, 5.74) is 2.65. The molecular weight excluding hydrogens is 438 g/mol. The van der Waals surface area contributed by atoms with Gasteiger partial charge in [-0.05, 0) is 56.2 Å². The summed E-state index contributed by atoms with van der Waals surface area (Å²) in [5.74, 6) is -0.135. The molecule has 1 amide bonds. The number of nitrogens with zero attached hydrogens (tertiary/aromatic N) is 2. The van der Waals surface area contributed by atoms with Gasteiger partial charge in [-0.2, -0.15) is 0 Å². The summed E-state index contributed by atoms with van der Waals surface area (Å²) in [5, 5.41) is 0. The summed E-state index contributed by atoms with van der Waals surface area (Å²) in [6, 6.07) is 16.6. The Morgan fingerprint density at radius 3 is 2.06 bits per heavy atom. The second kappa shape index (κ2) is 9.54. The summed E-state index contributed by atoms with van der Waals surface area (Å²) in [6.07, 6.45) is 4.22. The molecule has 1 aliphatic rings. The molecule has 0 saturated carbocycles. The third-order valence-corrected chi connectivity index (χ3v) is 7.23. The number of likely N-dealkylation sites (tertiary alicyclic amines) is 1. The van der Waals surface area contributed by atoms with Crippen molar-refractivity contribution < 1.29 is 18.0 Å². The van der Waals surface area contributed by atoms with Gasteiger partial charge in [0.05, 0.1) is 10.6 Å². The first-order valence-corrected chi connectivity index (χ1v) is 12.2. The van der Waals surface area contributed by atoms with E-state index in [-0.39, 0.29) is 22.5 Å². The van der Waals surface area contributed by atoms with Crippen LogP contribution in [0.3, 0.4) is 0 Å². The number of Topliss-reactive ketones (excluding diaryl/α,β-unsaturated/α-hetero) is 1. The Labute approximate surface area is 193 Å². The van der Waals surface area contributed by atoms with Crippen LogP contribution in [0.5, 0.6) is 0 Å². The van der Waals surface area contributed by atoms with Crippen LogP contribution >= 0.6 is 0 Å². The van der Waals surface area contributed by atoms with Crippen LogP contribution in [-0.4, -0.2) is 43.1 Å². The molecule has 1 fully saturated rings. The number of benzene rings is 2. The number of hydrogen-bond acceptors (Lipinski definition) is 5. The number of rotatable bonds is 6. The predicted octanol–water partition coefficient (Wildman–Crippen LogP) is 3.93. The number of ketones is 1. The molecule has 2 heterocycles. The fourth-order valence-corrected chi connectivity index (χ4v) is 4.95. The van der Waals surface area contributed by atoms with Crippen LogP contribution in [0.25, 0.3) is 0 Å². The molecule has 1 aliphatic heterocycles. The van der Waals surface area contributed by atoms with Gasteiger partial charge >= 0.3 is 0 Å². The van der Waals surface area contributed by atoms with Crippen molar-refractivity contribution in [2.75, 3.05) is 17.8 Å². The van der Waals surface area contributed by atoms with Crippen molar-refractivity contribution in [2.45, 2.75) is 24.7 Å². The van der Waals surface area contributed by atoms with Crippen molar-refractivity contribution in [3.8, 4) is 0 Å². The number of anilines is 1. The standard InChI is InChI=1S/C25H25N3O4S/c1-18-2-4-19(5-3-18)24(29)20-12-16-28(17-13-20)25(30)21-6-8-23(9-7-21)33(31,32)27-22-10-14-26-15-11-22/h2-11,14-15,20H,12-13,16-17H2,1H3,(H,26,27). The second-order valence-corrected chi connectivity index (χ2v) is 9.84. The Morgan fingerprint density at radius 2 is 1.45 bits per heavy atom. The van der Waals surface area contributed by atoms with Gasteiger partial charge in [0, 0.05) is 42.5 Å². The fourth-order valence-electron chi connectivity index (χ4n) is 3.89. The van der Waals surface area contributed by atoms with E-state index in [1.807, 2.05) is 31.2 Å². The smallest absolute Gasteiger partial charge is 0.261 e. The molecule has 2 aromatic carbocycles. The number of aromatic nitrogens is 1. The molecule has 3 aromatic rings. The summed E-state index contributed by atoms with van der Waals surface area (Å²) < 4.78 is 27.6. The average Bonchev–Trinajstić information content (AvgIpc) is 2.84. The number of hydrogen-bond donors (Lipinski definition) is 1. The minimum absolute atomic E-state index is 0.0678. The molecule has 4 rings (SSSR count). The van der Waals surface area contributed by atoms with Gasteiger partial charge in [-0.3, -0.25) is 19.3 Å². The highest BCUT2D eigenvalue weighted by Gasteiger charge is 2.28. The number of carbonyl (C=O) groups is 2. The van der Waals surface area contributed by atoms with E-state index < -0.39 is 10.0 Å². The van der Waals surface area contributed by atoms with Crippen molar-refractivity contribution in [2.24, 2.45) is 5.92 Å². The molecule has 0 bridgehead atoms. The molecule has 0 atom stereocenters. The van der Waals surface area contributed by atoms with Crippen LogP contribution in [0.15, 0.2) is 78.0 Å². The van der Waals surface area contributed by atoms with Crippen molar-refractivity contribution in [3.05, 3.63) is 89.7 Å². The van der Waals surface area contributed by atoms with Crippen molar-refractivity contribution in [1.29, 1.82) is 0 Å². The maximum absolute atomic E-state index is 12.9. The van der Waals surface area contributed by atoms with Gasteiger partial charge in [0.1, 0.15) is 0 Å². The lowest BCUT2D eigenvalue weighted by atomic mass is 9.88. The molecule has 1 aromatic heterocycles. The average molecular weight is 464 g/mol. The van der Waals surface area contributed by atoms with E-state index in [2.05, 4.69) is 9.71 Å². The Balaban J connectivity index is 1.37. The van der Waals surface area contributed by atoms with Crippen LogP contribution in [0.4, 0.5) is 5.69 Å². The van der Waals surface area contributed by atoms with Crippen LogP contribution in [-0.2, 0) is 10.0 Å². The highest BCUT2D eigenvalue weighted by atomic mass is 32.2. The van der Waals surface area contributed by atoms with Gasteiger partial charge in [0.15, 0.2) is 5.78 Å². The molecule has 8 heteroatoms. The third-order valence-electron chi connectivity index (χ3n) is 5.83. The first-order chi connectivity index (χ1) is 15.8. The summed E-state index contributed by atoms with van der Waals surface area (Å²) in [6.45, 7) is 2.97. The lowest BCUT2D eigenvalue weighted by molar-refractivity contribution is 0.0650. The van der Waals surface area contributed by atoms with Crippen LogP contribution in [0.1, 0.15) is 39.1 Å². The SMILES string of the molecule is Cc1ccc(C(=O)C2CCN(C(=O)c3ccc(S(=O)(=O)Nc4ccncc4)cc3)CC2)cc1. The zero-order valence-corrected chi connectivity index (χ0v) is 19.1. The Kier molecular flexibility index (Phi) is 6.55. The minimum atomic E-state index is -3.77. The van der Waals surface area contributed by atoms with Crippen molar-refractivity contribution in [3.63, 3.8) is 0 Å². The molecule has 7 nitrogen and oxygen atoms in total. The first-order valence-electron chi connectivity index (χ1n) is 10.8. The van der Waals surface area contributed by atoms with Crippen LogP contribution in [0.2, 0.25) is 0 Å². The van der Waals surface area contributed by atoms with Gasteiger partial charge in [-0.1, -0.05) is 29.8 Å². The summed E-state index contributed by atoms with van der Waals surface area (Å²) in [7, 11) is -3.77. The molecule has 170 valence electrons. The van der Waals surface area contributed by atoms with E-state index in [9.17, 15) is 18.0 Å². The molecule has 1 saturated heterocycles. The fraction of sp³-hybridized carbons (Fsp3) is 0.240. The third kappa shape index (κ3) is 5.28. The maximum Gasteiger partial charge on any atom is 0.261 e. The van der Waals surface area contributed by atoms with E-state index in [0.29, 0.717) is 42.7 Å². The lowest BCUT2D eigenvalue weighted by Crippen LogP contribution is -2.40. The van der Waals surface area contributed by atoms with Gasteiger partial charge in [-0.25, -0.2) is 8.42 Å².